The van der Waals surface area contributed by atoms with Crippen LogP contribution in [0.3, 0.4) is 0 Å². The van der Waals surface area contributed by atoms with Crippen LogP contribution < -0.4 is 4.89 Å². The monoisotopic (exact) mass is 1030 g/mol. The van der Waals surface area contributed by atoms with Gasteiger partial charge in [-0.15, -0.1) is 0 Å². The van der Waals surface area contributed by atoms with Gasteiger partial charge in [0.1, 0.15) is 19.8 Å². The predicted molar refractivity (Wildman–Crippen MR) is 305 cm³/mol. The van der Waals surface area contributed by atoms with Crippen molar-refractivity contribution in [2.24, 2.45) is 0 Å². The quantitative estimate of drug-likeness (QED) is 0.0195. The van der Waals surface area contributed by atoms with Gasteiger partial charge in [-0.1, -0.05) is 234 Å². The second-order valence-corrected chi connectivity index (χ2v) is 22.4. The summed E-state index contributed by atoms with van der Waals surface area (Å²) in [6.45, 7) is 4.12. The molecule has 0 aromatic heterocycles. The molecule has 0 spiro atoms. The fourth-order valence-corrected chi connectivity index (χ4v) is 8.88. The van der Waals surface area contributed by atoms with Gasteiger partial charge >= 0.3 is 11.9 Å². The zero-order chi connectivity index (χ0) is 52.7. The Morgan fingerprint density at radius 2 is 0.792 bits per heavy atom. The number of unbranched alkanes of at least 4 members (excludes halogenated alkanes) is 28. The predicted octanol–water partition coefficient (Wildman–Crippen LogP) is 17.8. The van der Waals surface area contributed by atoms with Crippen molar-refractivity contribution in [1.29, 1.82) is 0 Å². The Balaban J connectivity index is 4.11. The highest BCUT2D eigenvalue weighted by atomic mass is 31.2. The molecule has 0 aliphatic heterocycles. The van der Waals surface area contributed by atoms with Crippen molar-refractivity contribution in [3.8, 4) is 0 Å². The molecule has 2 atom stereocenters. The van der Waals surface area contributed by atoms with E-state index in [1.54, 1.807) is 0 Å². The maximum Gasteiger partial charge on any atom is 0.306 e. The van der Waals surface area contributed by atoms with Gasteiger partial charge in [0.25, 0.3) is 7.82 Å². The number of hydrogen-bond donors (Lipinski definition) is 0. The molecule has 0 radical (unpaired) electrons. The smallest absolute Gasteiger partial charge is 0.306 e. The van der Waals surface area contributed by atoms with Crippen LogP contribution in [0.5, 0.6) is 0 Å². The van der Waals surface area contributed by atoms with Gasteiger partial charge in [0.2, 0.25) is 0 Å². The van der Waals surface area contributed by atoms with E-state index in [-0.39, 0.29) is 32.0 Å². The Bertz CT molecular complexity index is 1450. The normalized spacial score (nSPS) is 13.8. The molecular formula is C62H112NO8P. The van der Waals surface area contributed by atoms with Crippen LogP contribution in [-0.2, 0) is 32.7 Å². The van der Waals surface area contributed by atoms with Gasteiger partial charge < -0.3 is 27.9 Å². The first-order valence-electron chi connectivity index (χ1n) is 29.6. The first-order valence-corrected chi connectivity index (χ1v) is 31.1. The maximum atomic E-state index is 12.8. The summed E-state index contributed by atoms with van der Waals surface area (Å²) in [5, 5.41) is 0. The van der Waals surface area contributed by atoms with E-state index in [2.05, 4.69) is 86.8 Å². The fourth-order valence-electron chi connectivity index (χ4n) is 8.15. The molecule has 0 amide bonds. The third-order valence-corrected chi connectivity index (χ3v) is 13.7. The van der Waals surface area contributed by atoms with Crippen LogP contribution in [0.2, 0.25) is 0 Å². The van der Waals surface area contributed by atoms with Gasteiger partial charge in [-0.2, -0.15) is 0 Å². The summed E-state index contributed by atoms with van der Waals surface area (Å²) in [7, 11) is 1.15. The van der Waals surface area contributed by atoms with Crippen LogP contribution in [0, 0.1) is 0 Å². The van der Waals surface area contributed by atoms with E-state index in [9.17, 15) is 19.0 Å². The first kappa shape index (κ1) is 69.5. The lowest BCUT2D eigenvalue weighted by Gasteiger charge is -2.28. The molecule has 10 heteroatoms. The highest BCUT2D eigenvalue weighted by molar-refractivity contribution is 7.45. The number of likely N-dealkylation sites (N-methyl/N-ethyl adjacent to an activating group) is 1. The topological polar surface area (TPSA) is 111 Å². The number of carbonyl (C=O) groups excluding carboxylic acids is 2. The van der Waals surface area contributed by atoms with Gasteiger partial charge in [0.15, 0.2) is 6.10 Å². The summed E-state index contributed by atoms with van der Waals surface area (Å²) in [5.74, 6) is -0.845. The Morgan fingerprint density at radius 3 is 1.18 bits per heavy atom. The Morgan fingerprint density at radius 1 is 0.444 bits per heavy atom. The second-order valence-electron chi connectivity index (χ2n) is 21.0. The molecule has 9 nitrogen and oxygen atoms in total. The summed E-state index contributed by atoms with van der Waals surface area (Å²) < 4.78 is 34.1. The third kappa shape index (κ3) is 56.7. The lowest BCUT2D eigenvalue weighted by atomic mass is 10.0. The zero-order valence-electron chi connectivity index (χ0n) is 47.4. The number of rotatable bonds is 54. The molecule has 0 saturated heterocycles. The number of nitrogens with zero attached hydrogens (tertiary/aromatic N) is 1. The number of carbonyl (C=O) groups is 2. The zero-order valence-corrected chi connectivity index (χ0v) is 48.3. The molecule has 2 unspecified atom stereocenters. The van der Waals surface area contributed by atoms with Crippen molar-refractivity contribution in [3.63, 3.8) is 0 Å². The Hall–Kier alpha value is -2.55. The van der Waals surface area contributed by atoms with Crippen LogP contribution in [0.4, 0.5) is 0 Å². The molecule has 0 N–H and O–H groups in total. The Labute approximate surface area is 444 Å². The number of quaternary nitrogens is 1. The van der Waals surface area contributed by atoms with Crippen molar-refractivity contribution in [2.75, 3.05) is 47.5 Å². The van der Waals surface area contributed by atoms with Crippen LogP contribution in [0.15, 0.2) is 72.9 Å². The van der Waals surface area contributed by atoms with Crippen molar-refractivity contribution in [3.05, 3.63) is 72.9 Å². The highest BCUT2D eigenvalue weighted by Crippen LogP contribution is 2.38. The minimum atomic E-state index is -4.64. The summed E-state index contributed by atoms with van der Waals surface area (Å²) >= 11 is 0. The molecule has 0 aliphatic carbocycles. The van der Waals surface area contributed by atoms with Gasteiger partial charge in [-0.25, -0.2) is 0 Å². The maximum absolute atomic E-state index is 12.8. The van der Waals surface area contributed by atoms with Gasteiger partial charge in [-0.05, 0) is 83.5 Å². The van der Waals surface area contributed by atoms with Crippen molar-refractivity contribution in [2.45, 2.75) is 264 Å². The minimum Gasteiger partial charge on any atom is -0.756 e. The molecule has 0 fully saturated rings. The number of esters is 2. The van der Waals surface area contributed by atoms with E-state index in [0.29, 0.717) is 17.4 Å². The fraction of sp³-hybridized carbons (Fsp3) is 0.774. The molecular weight excluding hydrogens is 918 g/mol. The minimum absolute atomic E-state index is 0.0360. The number of ether oxygens (including phenoxy) is 2. The first-order chi connectivity index (χ1) is 35.0. The SMILES string of the molecule is CC/C=C\C/C=C\C/C=C\C/C=C\CCCCCCCCC(=O)OC(COC(=O)CCCCCCCCCCCCCCCCCCC/C=C\C/C=C\CCCCCCC)COP(=O)([O-])OCC[N+](C)(C)C. The summed E-state index contributed by atoms with van der Waals surface area (Å²) in [6, 6.07) is 0. The van der Waals surface area contributed by atoms with E-state index in [4.69, 9.17) is 18.5 Å². The standard InChI is InChI=1S/C62H112NO8P/c1-6-8-10-12-14-16-18-20-22-24-26-27-28-29-30-31-32-33-34-35-37-38-40-42-44-46-48-50-52-54-61(64)68-58-60(59-70-72(66,67)69-57-56-63(3,4)5)71-62(65)55-53-51-49-47-45-43-41-39-36-25-23-21-19-17-15-13-11-9-7-2/h9,11,15,17-18,20-21,23-24,26,36,39,60H,6-8,10,12-14,16,19,22,25,27-35,37-38,40-59H2,1-5H3/b11-9-,17-15-,20-18-,23-21-,26-24-,39-36-. The highest BCUT2D eigenvalue weighted by Gasteiger charge is 2.22. The lowest BCUT2D eigenvalue weighted by Crippen LogP contribution is -2.37. The summed E-state index contributed by atoms with van der Waals surface area (Å²) in [4.78, 5) is 37.9. The number of phosphoric acid groups is 1. The molecule has 0 bridgehead atoms. The van der Waals surface area contributed by atoms with E-state index >= 15 is 0 Å². The average molecular weight is 1030 g/mol. The average Bonchev–Trinajstić information content (AvgIpc) is 3.34. The molecule has 0 saturated carbocycles. The molecule has 0 aromatic rings. The second kappa shape index (κ2) is 53.3. The van der Waals surface area contributed by atoms with Crippen molar-refractivity contribution < 1.29 is 42.1 Å². The summed E-state index contributed by atoms with van der Waals surface area (Å²) in [6.07, 6.45) is 69.5. The third-order valence-electron chi connectivity index (χ3n) is 12.7. The van der Waals surface area contributed by atoms with Gasteiger partial charge in [0, 0.05) is 12.8 Å². The molecule has 418 valence electrons. The van der Waals surface area contributed by atoms with Crippen LogP contribution in [0.1, 0.15) is 258 Å². The van der Waals surface area contributed by atoms with Crippen LogP contribution in [-0.4, -0.2) is 70.0 Å². The van der Waals surface area contributed by atoms with Crippen LogP contribution >= 0.6 is 7.82 Å². The molecule has 0 heterocycles. The molecule has 0 aromatic carbocycles. The van der Waals surface area contributed by atoms with Crippen molar-refractivity contribution in [1.82, 2.24) is 0 Å². The largest absolute Gasteiger partial charge is 0.756 e. The summed E-state index contributed by atoms with van der Waals surface area (Å²) in [5.41, 5.74) is 0. The number of allylic oxidation sites excluding steroid dienone is 12. The van der Waals surface area contributed by atoms with Gasteiger partial charge in [0.05, 0.1) is 27.7 Å². The van der Waals surface area contributed by atoms with Gasteiger partial charge in [-0.3, -0.25) is 14.2 Å². The Kier molecular flexibility index (Phi) is 51.4. The number of phosphoric ester groups is 1. The molecule has 0 aliphatic rings. The van der Waals surface area contributed by atoms with Crippen LogP contribution in [0.25, 0.3) is 0 Å². The number of hydrogen-bond acceptors (Lipinski definition) is 8. The van der Waals surface area contributed by atoms with E-state index in [0.717, 1.165) is 89.9 Å². The van der Waals surface area contributed by atoms with E-state index in [1.165, 1.54) is 135 Å². The van der Waals surface area contributed by atoms with Crippen molar-refractivity contribution >= 4 is 19.8 Å². The lowest BCUT2D eigenvalue weighted by molar-refractivity contribution is -0.870. The van der Waals surface area contributed by atoms with E-state index in [1.807, 2.05) is 21.1 Å². The molecule has 0 rings (SSSR count). The van der Waals surface area contributed by atoms with E-state index < -0.39 is 26.5 Å². The molecule has 72 heavy (non-hydrogen) atoms.